The molecule has 0 bridgehead atoms. The number of allylic oxidation sites excluding steroid dienone is 1. The number of hydrogen-bond donors (Lipinski definition) is 1. The van der Waals surface area contributed by atoms with E-state index in [1.807, 2.05) is 49.9 Å². The Labute approximate surface area is 165 Å². The molecule has 1 aromatic carbocycles. The highest BCUT2D eigenvalue weighted by Crippen LogP contribution is 2.36. The van der Waals surface area contributed by atoms with Gasteiger partial charge in [0.2, 0.25) is 11.8 Å². The Morgan fingerprint density at radius 3 is 2.44 bits per heavy atom. The molecule has 1 N–H and O–H groups in total. The van der Waals surface area contributed by atoms with Crippen LogP contribution < -0.4 is 5.32 Å². The first-order valence-electron chi connectivity index (χ1n) is 9.41. The summed E-state index contributed by atoms with van der Waals surface area (Å²) in [6, 6.07) is 10.2. The number of carbonyl (C=O) groups is 2. The van der Waals surface area contributed by atoms with Crippen LogP contribution >= 0.6 is 11.8 Å². The summed E-state index contributed by atoms with van der Waals surface area (Å²) in [5.41, 5.74) is 2.62. The van der Waals surface area contributed by atoms with E-state index in [4.69, 9.17) is 0 Å². The van der Waals surface area contributed by atoms with Gasteiger partial charge >= 0.3 is 0 Å². The van der Waals surface area contributed by atoms with Gasteiger partial charge in [0.1, 0.15) is 0 Å². The van der Waals surface area contributed by atoms with Crippen LogP contribution in [0.3, 0.4) is 0 Å². The van der Waals surface area contributed by atoms with E-state index in [1.165, 1.54) is 11.8 Å². The van der Waals surface area contributed by atoms with E-state index in [9.17, 15) is 14.9 Å². The third-order valence-electron chi connectivity index (χ3n) is 4.52. The minimum Gasteiger partial charge on any atom is -0.342 e. The lowest BCUT2D eigenvalue weighted by atomic mass is 9.87. The first-order valence-corrected chi connectivity index (χ1v) is 10.4. The summed E-state index contributed by atoms with van der Waals surface area (Å²) < 4.78 is 0. The lowest BCUT2D eigenvalue weighted by Gasteiger charge is -2.26. The number of benzene rings is 1. The average molecular weight is 386 g/mol. The Balaban J connectivity index is 2.19. The number of amides is 2. The van der Waals surface area contributed by atoms with Gasteiger partial charge in [-0.15, -0.1) is 0 Å². The molecular weight excluding hydrogens is 358 g/mol. The van der Waals surface area contributed by atoms with Gasteiger partial charge in [-0.05, 0) is 25.3 Å². The van der Waals surface area contributed by atoms with E-state index in [0.29, 0.717) is 10.6 Å². The molecule has 1 atom stereocenters. The van der Waals surface area contributed by atoms with E-state index in [1.54, 1.807) is 0 Å². The summed E-state index contributed by atoms with van der Waals surface area (Å²) >= 11 is 1.26. The second-order valence-electron chi connectivity index (χ2n) is 6.74. The predicted octanol–water partition coefficient (Wildman–Crippen LogP) is 3.72. The zero-order chi connectivity index (χ0) is 19.8. The maximum atomic E-state index is 12.5. The summed E-state index contributed by atoms with van der Waals surface area (Å²) in [5, 5.41) is 13.0. The maximum Gasteiger partial charge on any atom is 0.232 e. The third kappa shape index (κ3) is 5.61. The quantitative estimate of drug-likeness (QED) is 0.740. The SMILES string of the molecule is CCCN(CCC)C(=O)CSC1=C(C#N)[C@H](c2ccc(C)cc2)CC(=O)N1. The fourth-order valence-corrected chi connectivity index (χ4v) is 4.12. The molecule has 5 nitrogen and oxygen atoms in total. The number of rotatable bonds is 8. The number of carbonyl (C=O) groups excluding carboxylic acids is 2. The summed E-state index contributed by atoms with van der Waals surface area (Å²) in [7, 11) is 0. The van der Waals surface area contributed by atoms with Crippen LogP contribution in [0.25, 0.3) is 0 Å². The van der Waals surface area contributed by atoms with Crippen LogP contribution in [0.1, 0.15) is 50.2 Å². The van der Waals surface area contributed by atoms with Gasteiger partial charge in [-0.25, -0.2) is 0 Å². The van der Waals surface area contributed by atoms with Crippen molar-refractivity contribution in [2.45, 2.75) is 46.0 Å². The highest BCUT2D eigenvalue weighted by atomic mass is 32.2. The second kappa shape index (κ2) is 10.2. The highest BCUT2D eigenvalue weighted by molar-refractivity contribution is 8.03. The molecule has 2 amide bonds. The second-order valence-corrected chi connectivity index (χ2v) is 7.73. The van der Waals surface area contributed by atoms with Crippen LogP contribution in [0.2, 0.25) is 0 Å². The number of nitriles is 1. The lowest BCUT2D eigenvalue weighted by molar-refractivity contribution is -0.128. The van der Waals surface area contributed by atoms with Crippen LogP contribution in [-0.2, 0) is 9.59 Å². The van der Waals surface area contributed by atoms with Crippen molar-refractivity contribution in [1.29, 1.82) is 5.26 Å². The van der Waals surface area contributed by atoms with Gasteiger partial charge in [-0.3, -0.25) is 9.59 Å². The zero-order valence-corrected chi connectivity index (χ0v) is 17.1. The van der Waals surface area contributed by atoms with Crippen molar-refractivity contribution in [2.75, 3.05) is 18.8 Å². The monoisotopic (exact) mass is 385 g/mol. The van der Waals surface area contributed by atoms with Gasteiger partial charge in [0.25, 0.3) is 0 Å². The molecule has 0 aromatic heterocycles. The van der Waals surface area contributed by atoms with Crippen molar-refractivity contribution in [3.05, 3.63) is 46.0 Å². The summed E-state index contributed by atoms with van der Waals surface area (Å²) in [6.07, 6.45) is 2.07. The van der Waals surface area contributed by atoms with Crippen LogP contribution in [0.15, 0.2) is 34.9 Å². The largest absolute Gasteiger partial charge is 0.342 e. The minimum absolute atomic E-state index is 0.0419. The molecule has 2 rings (SSSR count). The van der Waals surface area contributed by atoms with Gasteiger partial charge in [0, 0.05) is 25.4 Å². The molecule has 0 fully saturated rings. The number of thioether (sulfide) groups is 1. The molecule has 1 aliphatic rings. The van der Waals surface area contributed by atoms with Crippen molar-refractivity contribution in [3.8, 4) is 6.07 Å². The van der Waals surface area contributed by atoms with Gasteiger partial charge in [-0.2, -0.15) is 5.26 Å². The summed E-state index contributed by atoms with van der Waals surface area (Å²) in [6.45, 7) is 7.56. The molecule has 0 saturated carbocycles. The molecule has 0 aliphatic carbocycles. The Morgan fingerprint density at radius 2 is 1.89 bits per heavy atom. The number of nitrogens with one attached hydrogen (secondary N) is 1. The fraction of sp³-hybridized carbons (Fsp3) is 0.476. The van der Waals surface area contributed by atoms with Crippen molar-refractivity contribution < 1.29 is 9.59 Å². The Hall–Kier alpha value is -2.26. The van der Waals surface area contributed by atoms with Gasteiger partial charge in [0.05, 0.1) is 22.4 Å². The third-order valence-corrected chi connectivity index (χ3v) is 5.52. The standard InChI is InChI=1S/C21H27N3O2S/c1-4-10-24(11-5-2)20(26)14-27-21-18(13-22)17(12-19(25)23-21)16-8-6-15(3)7-9-16/h6-9,17H,4-5,10-12,14H2,1-3H3,(H,23,25)/t17-/m0/s1. The van der Waals surface area contributed by atoms with Crippen LogP contribution in [-0.4, -0.2) is 35.6 Å². The fourth-order valence-electron chi connectivity index (χ4n) is 3.14. The molecule has 0 saturated heterocycles. The van der Waals surface area contributed by atoms with Gasteiger partial charge in [-0.1, -0.05) is 55.4 Å². The minimum atomic E-state index is -0.260. The number of nitrogens with zero attached hydrogens (tertiary/aromatic N) is 2. The Kier molecular flexibility index (Phi) is 7.93. The molecule has 1 heterocycles. The molecule has 27 heavy (non-hydrogen) atoms. The van der Waals surface area contributed by atoms with Crippen LogP contribution in [0.4, 0.5) is 0 Å². The average Bonchev–Trinajstić information content (AvgIpc) is 2.66. The van der Waals surface area contributed by atoms with E-state index in [-0.39, 0.29) is 29.9 Å². The van der Waals surface area contributed by atoms with Crippen molar-refractivity contribution in [2.24, 2.45) is 0 Å². The summed E-state index contributed by atoms with van der Waals surface area (Å²) in [4.78, 5) is 26.6. The molecular formula is C21H27N3O2S. The van der Waals surface area contributed by atoms with E-state index in [2.05, 4.69) is 11.4 Å². The predicted molar refractivity (Wildman–Crippen MR) is 109 cm³/mol. The Bertz CT molecular complexity index is 744. The smallest absolute Gasteiger partial charge is 0.232 e. The zero-order valence-electron chi connectivity index (χ0n) is 16.2. The topological polar surface area (TPSA) is 73.2 Å². The molecule has 6 heteroatoms. The van der Waals surface area contributed by atoms with E-state index in [0.717, 1.165) is 37.1 Å². The van der Waals surface area contributed by atoms with Crippen LogP contribution in [0.5, 0.6) is 0 Å². The van der Waals surface area contributed by atoms with Crippen molar-refractivity contribution in [1.82, 2.24) is 10.2 Å². The van der Waals surface area contributed by atoms with Gasteiger partial charge in [0.15, 0.2) is 0 Å². The highest BCUT2D eigenvalue weighted by Gasteiger charge is 2.30. The molecule has 0 spiro atoms. The maximum absolute atomic E-state index is 12.5. The number of aryl methyl sites for hydroxylation is 1. The first kappa shape index (κ1) is 21.0. The molecule has 0 unspecified atom stereocenters. The van der Waals surface area contributed by atoms with Gasteiger partial charge < -0.3 is 10.2 Å². The number of hydrogen-bond acceptors (Lipinski definition) is 4. The molecule has 0 radical (unpaired) electrons. The van der Waals surface area contributed by atoms with E-state index < -0.39 is 0 Å². The Morgan fingerprint density at radius 1 is 1.26 bits per heavy atom. The summed E-state index contributed by atoms with van der Waals surface area (Å²) in [5.74, 6) is -0.112. The molecule has 1 aromatic rings. The first-order chi connectivity index (χ1) is 13.0. The van der Waals surface area contributed by atoms with Crippen molar-refractivity contribution in [3.63, 3.8) is 0 Å². The lowest BCUT2D eigenvalue weighted by Crippen LogP contribution is -2.35. The van der Waals surface area contributed by atoms with Crippen LogP contribution in [0, 0.1) is 18.3 Å². The van der Waals surface area contributed by atoms with Crippen molar-refractivity contribution >= 4 is 23.6 Å². The normalized spacial score (nSPS) is 16.7. The molecule has 1 aliphatic heterocycles. The molecule has 144 valence electrons. The van der Waals surface area contributed by atoms with E-state index >= 15 is 0 Å².